The van der Waals surface area contributed by atoms with Crippen molar-refractivity contribution in [1.29, 1.82) is 0 Å². The van der Waals surface area contributed by atoms with Crippen LogP contribution in [0.25, 0.3) is 0 Å². The zero-order valence-electron chi connectivity index (χ0n) is 27.4. The molecule has 1 spiro atoms. The number of esters is 5. The minimum atomic E-state index is -2.31. The third-order valence-electron chi connectivity index (χ3n) is 9.90. The number of benzene rings is 2. The van der Waals surface area contributed by atoms with E-state index in [2.05, 4.69) is 0 Å². The number of ether oxygens (including phenoxy) is 6. The lowest BCUT2D eigenvalue weighted by molar-refractivity contribution is -0.368. The van der Waals surface area contributed by atoms with Crippen molar-refractivity contribution >= 4 is 29.8 Å². The fourth-order valence-corrected chi connectivity index (χ4v) is 8.01. The lowest BCUT2D eigenvalue weighted by Crippen LogP contribution is -2.86. The second-order valence-electron chi connectivity index (χ2n) is 13.3. The maximum absolute atomic E-state index is 13.8. The Morgan fingerprint density at radius 1 is 0.660 bits per heavy atom. The number of carbonyl (C=O) groups excluding carboxylic acids is 5. The summed E-state index contributed by atoms with van der Waals surface area (Å²) in [6.07, 6.45) is -7.31. The van der Waals surface area contributed by atoms with E-state index >= 15 is 0 Å². The van der Waals surface area contributed by atoms with Gasteiger partial charge < -0.3 is 33.5 Å². The van der Waals surface area contributed by atoms with Crippen LogP contribution in [0.2, 0.25) is 0 Å². The van der Waals surface area contributed by atoms with Crippen molar-refractivity contribution in [2.45, 2.75) is 102 Å². The molecule has 47 heavy (non-hydrogen) atoms. The first-order chi connectivity index (χ1) is 22.0. The summed E-state index contributed by atoms with van der Waals surface area (Å²) in [5, 5.41) is 12.8. The van der Waals surface area contributed by atoms with Gasteiger partial charge in [-0.3, -0.25) is 14.4 Å². The number of fused-ring (bicyclic) bond motifs is 1. The topological polar surface area (TPSA) is 161 Å². The van der Waals surface area contributed by atoms with E-state index in [1.165, 1.54) is 26.0 Å². The van der Waals surface area contributed by atoms with Crippen LogP contribution in [0.5, 0.6) is 0 Å². The van der Waals surface area contributed by atoms with Crippen LogP contribution in [-0.2, 0) is 42.8 Å². The van der Waals surface area contributed by atoms with Crippen molar-refractivity contribution < 1.29 is 57.5 Å². The molecule has 0 radical (unpaired) electrons. The van der Waals surface area contributed by atoms with Gasteiger partial charge in [-0.25, -0.2) is 9.59 Å². The van der Waals surface area contributed by atoms with E-state index in [4.69, 9.17) is 28.4 Å². The zero-order valence-corrected chi connectivity index (χ0v) is 27.4. The van der Waals surface area contributed by atoms with Gasteiger partial charge in [-0.1, -0.05) is 36.4 Å². The molecule has 1 heterocycles. The summed E-state index contributed by atoms with van der Waals surface area (Å²) in [5.74, 6) is -4.60. The van der Waals surface area contributed by atoms with Gasteiger partial charge >= 0.3 is 29.8 Å². The Bertz CT molecular complexity index is 1550. The smallest absolute Gasteiger partial charge is 0.338 e. The fraction of sp³-hybridized carbons (Fsp3) is 0.514. The molecule has 0 unspecified atom stereocenters. The fourth-order valence-electron chi connectivity index (χ4n) is 8.01. The van der Waals surface area contributed by atoms with Gasteiger partial charge in [0.15, 0.2) is 23.9 Å². The number of hydrogen-bond acceptors (Lipinski definition) is 12. The van der Waals surface area contributed by atoms with Gasteiger partial charge in [0.1, 0.15) is 17.8 Å². The van der Waals surface area contributed by atoms with Crippen LogP contribution in [0, 0.1) is 11.3 Å². The van der Waals surface area contributed by atoms with Crippen LogP contribution in [0.15, 0.2) is 60.7 Å². The molecule has 0 amide bonds. The van der Waals surface area contributed by atoms with Crippen LogP contribution < -0.4 is 0 Å². The predicted octanol–water partition coefficient (Wildman–Crippen LogP) is 3.57. The third kappa shape index (κ3) is 5.46. The van der Waals surface area contributed by atoms with Crippen LogP contribution in [0.3, 0.4) is 0 Å². The summed E-state index contributed by atoms with van der Waals surface area (Å²) in [6, 6.07) is 16.2. The first-order valence-electron chi connectivity index (χ1n) is 15.4. The number of rotatable bonds is 7. The van der Waals surface area contributed by atoms with Crippen molar-refractivity contribution in [3.8, 4) is 0 Å². The van der Waals surface area contributed by atoms with Gasteiger partial charge in [-0.2, -0.15) is 0 Å². The summed E-state index contributed by atoms with van der Waals surface area (Å²) in [4.78, 5) is 65.5. The van der Waals surface area contributed by atoms with Gasteiger partial charge in [0.25, 0.3) is 0 Å². The Morgan fingerprint density at radius 3 is 1.62 bits per heavy atom. The molecule has 1 saturated heterocycles. The normalized spacial score (nSPS) is 35.1. The van der Waals surface area contributed by atoms with Crippen molar-refractivity contribution in [2.75, 3.05) is 0 Å². The molecule has 2 aromatic rings. The summed E-state index contributed by atoms with van der Waals surface area (Å²) in [7, 11) is 0. The molecule has 12 nitrogen and oxygen atoms in total. The Morgan fingerprint density at radius 2 is 1.13 bits per heavy atom. The van der Waals surface area contributed by atoms with Gasteiger partial charge in [-0.05, 0) is 58.4 Å². The molecule has 1 N–H and O–H groups in total. The van der Waals surface area contributed by atoms with Crippen molar-refractivity contribution in [2.24, 2.45) is 11.3 Å². The van der Waals surface area contributed by atoms with Gasteiger partial charge in [0, 0.05) is 26.7 Å². The Balaban J connectivity index is 1.80. The summed E-state index contributed by atoms with van der Waals surface area (Å²) < 4.78 is 36.7. The lowest BCUT2D eigenvalue weighted by atomic mass is 9.46. The molecule has 2 aliphatic carbocycles. The van der Waals surface area contributed by atoms with E-state index in [-0.39, 0.29) is 17.5 Å². The minimum absolute atomic E-state index is 0.0300. The molecule has 2 aromatic carbocycles. The average molecular weight is 653 g/mol. The zero-order chi connectivity index (χ0) is 34.5. The molecular weight excluding hydrogens is 612 g/mol. The maximum Gasteiger partial charge on any atom is 0.338 e. The maximum atomic E-state index is 13.8. The van der Waals surface area contributed by atoms with E-state index < -0.39 is 88.5 Å². The molecule has 0 aromatic heterocycles. The molecule has 3 aliphatic rings. The molecule has 252 valence electrons. The van der Waals surface area contributed by atoms with Gasteiger partial charge in [0.05, 0.1) is 22.1 Å². The van der Waals surface area contributed by atoms with Gasteiger partial charge in [0.2, 0.25) is 0 Å². The van der Waals surface area contributed by atoms with Crippen molar-refractivity contribution in [1.82, 2.24) is 0 Å². The highest BCUT2D eigenvalue weighted by Gasteiger charge is 2.87. The highest BCUT2D eigenvalue weighted by Crippen LogP contribution is 2.69. The molecule has 5 rings (SSSR count). The molecule has 2 saturated carbocycles. The SMILES string of the molecule is CC(=O)O[C@H]1[C@H](OC(=O)c2ccccc2)[C@@]2(C)[C@@H](OC(=O)c3ccccc3)C[C@@H]3[C@@H](OC(C)=O)[C@]2(OC3(C)C)[C@@](C)(O)[C@H]1OC(C)=O. The average Bonchev–Trinajstić information content (AvgIpc) is 3.18. The molecule has 1 aliphatic heterocycles. The lowest BCUT2D eigenvalue weighted by Gasteiger charge is -2.66. The number of hydrogen-bond donors (Lipinski definition) is 1. The minimum Gasteiger partial charge on any atom is -0.459 e. The molecule has 3 fully saturated rings. The number of aliphatic hydroxyl groups is 1. The second kappa shape index (κ2) is 12.1. The summed E-state index contributed by atoms with van der Waals surface area (Å²) >= 11 is 0. The highest BCUT2D eigenvalue weighted by molar-refractivity contribution is 5.90. The van der Waals surface area contributed by atoms with Crippen molar-refractivity contribution in [3.63, 3.8) is 0 Å². The largest absolute Gasteiger partial charge is 0.459 e. The first kappa shape index (κ1) is 34.1. The first-order valence-corrected chi connectivity index (χ1v) is 15.4. The van der Waals surface area contributed by atoms with E-state index in [0.717, 1.165) is 13.8 Å². The monoisotopic (exact) mass is 652 g/mol. The summed E-state index contributed by atoms with van der Waals surface area (Å²) in [6.45, 7) is 9.80. The van der Waals surface area contributed by atoms with Gasteiger partial charge in [-0.15, -0.1) is 0 Å². The molecular formula is C35H40O12. The number of carbonyl (C=O) groups is 5. The predicted molar refractivity (Wildman–Crippen MR) is 163 cm³/mol. The molecule has 2 bridgehead atoms. The van der Waals surface area contributed by atoms with Crippen LogP contribution in [-0.4, -0.2) is 82.3 Å². The second-order valence-corrected chi connectivity index (χ2v) is 13.3. The van der Waals surface area contributed by atoms with Crippen LogP contribution in [0.4, 0.5) is 0 Å². The van der Waals surface area contributed by atoms with E-state index in [1.54, 1.807) is 69.3 Å². The Labute approximate surface area is 272 Å². The van der Waals surface area contributed by atoms with Crippen LogP contribution in [0.1, 0.15) is 75.6 Å². The van der Waals surface area contributed by atoms with Crippen molar-refractivity contribution in [3.05, 3.63) is 71.8 Å². The van der Waals surface area contributed by atoms with E-state index in [1.807, 2.05) is 0 Å². The Hall–Kier alpha value is -4.29. The standard InChI is InChI=1S/C35H40O12/c1-19(36)42-26-28(46-31(40)23-16-12-9-13-17-23)33(6)25(45-30(39)22-14-10-8-11-15-22)18-24-27(43-20(2)37)35(33,47-32(24,4)5)34(7,41)29(26)44-21(3)38/h8-17,24-29,41H,18H2,1-7H3/t24-,25+,26+,27-,28+,29+,33-,34+,35-/m1/s1. The molecule has 12 heteroatoms. The van der Waals surface area contributed by atoms with Crippen LogP contribution >= 0.6 is 0 Å². The quantitative estimate of drug-likeness (QED) is 0.343. The molecule has 9 atom stereocenters. The highest BCUT2D eigenvalue weighted by atomic mass is 16.7. The Kier molecular flexibility index (Phi) is 8.74. The van der Waals surface area contributed by atoms with E-state index in [0.29, 0.717) is 0 Å². The third-order valence-corrected chi connectivity index (χ3v) is 9.90. The van der Waals surface area contributed by atoms with E-state index in [9.17, 15) is 29.1 Å². The summed E-state index contributed by atoms with van der Waals surface area (Å²) in [5.41, 5.74) is -6.96.